The molecule has 0 spiro atoms. The summed E-state index contributed by atoms with van der Waals surface area (Å²) in [6, 6.07) is 8.93. The van der Waals surface area contributed by atoms with E-state index in [2.05, 4.69) is 25.6 Å². The van der Waals surface area contributed by atoms with Gasteiger partial charge in [-0.3, -0.25) is 9.78 Å². The number of pyridine rings is 1. The van der Waals surface area contributed by atoms with Gasteiger partial charge in [0.15, 0.2) is 11.5 Å². The highest BCUT2D eigenvalue weighted by Gasteiger charge is 2.11. The molecular formula is C19H19N5O3. The molecule has 27 heavy (non-hydrogen) atoms. The number of hydrogen-bond acceptors (Lipinski definition) is 7. The van der Waals surface area contributed by atoms with Crippen molar-refractivity contribution in [3.8, 4) is 11.5 Å². The zero-order valence-corrected chi connectivity index (χ0v) is 15.0. The second-order valence-electron chi connectivity index (χ2n) is 5.52. The lowest BCUT2D eigenvalue weighted by molar-refractivity contribution is 0.102. The third-order valence-electron chi connectivity index (χ3n) is 3.75. The van der Waals surface area contributed by atoms with Gasteiger partial charge in [0.25, 0.3) is 5.91 Å². The highest BCUT2D eigenvalue weighted by Crippen LogP contribution is 2.29. The van der Waals surface area contributed by atoms with E-state index in [0.29, 0.717) is 29.5 Å². The number of rotatable bonds is 7. The van der Waals surface area contributed by atoms with Crippen LogP contribution in [0.25, 0.3) is 0 Å². The van der Waals surface area contributed by atoms with Gasteiger partial charge in [0.1, 0.15) is 11.5 Å². The SMILES string of the molecule is COc1ccc(NC(=O)c2cnc(NCc3ccncc3)cn2)cc1OC. The summed E-state index contributed by atoms with van der Waals surface area (Å²) in [6.07, 6.45) is 6.39. The number of ether oxygens (including phenoxy) is 2. The van der Waals surface area contributed by atoms with E-state index < -0.39 is 0 Å². The quantitative estimate of drug-likeness (QED) is 0.664. The lowest BCUT2D eigenvalue weighted by Crippen LogP contribution is -2.14. The monoisotopic (exact) mass is 365 g/mol. The van der Waals surface area contributed by atoms with Crippen molar-refractivity contribution >= 4 is 17.4 Å². The molecule has 3 aromatic rings. The van der Waals surface area contributed by atoms with Crippen LogP contribution in [0.4, 0.5) is 11.5 Å². The Hall–Kier alpha value is -3.68. The molecule has 138 valence electrons. The number of anilines is 2. The van der Waals surface area contributed by atoms with E-state index in [1.807, 2.05) is 12.1 Å². The van der Waals surface area contributed by atoms with Crippen molar-refractivity contribution in [1.29, 1.82) is 0 Å². The zero-order chi connectivity index (χ0) is 19.1. The Balaban J connectivity index is 1.62. The minimum Gasteiger partial charge on any atom is -0.493 e. The van der Waals surface area contributed by atoms with Crippen molar-refractivity contribution in [3.05, 3.63) is 66.4 Å². The number of benzene rings is 1. The molecule has 1 aromatic carbocycles. The number of amides is 1. The zero-order valence-electron chi connectivity index (χ0n) is 15.0. The Labute approximate surface area is 156 Å². The standard InChI is InChI=1S/C19H19N5O3/c1-26-16-4-3-14(9-17(16)27-2)24-19(25)15-11-23-18(12-21-15)22-10-13-5-7-20-8-6-13/h3-9,11-12H,10H2,1-2H3,(H,22,23)(H,24,25). The minimum atomic E-state index is -0.365. The second-order valence-corrected chi connectivity index (χ2v) is 5.52. The Bertz CT molecular complexity index is 901. The number of nitrogens with one attached hydrogen (secondary N) is 2. The van der Waals surface area contributed by atoms with Crippen molar-refractivity contribution in [1.82, 2.24) is 15.0 Å². The summed E-state index contributed by atoms with van der Waals surface area (Å²) in [5.74, 6) is 1.32. The maximum absolute atomic E-state index is 12.3. The Morgan fingerprint density at radius 1 is 1.00 bits per heavy atom. The summed E-state index contributed by atoms with van der Waals surface area (Å²) in [6.45, 7) is 0.592. The summed E-state index contributed by atoms with van der Waals surface area (Å²) in [7, 11) is 3.09. The summed E-state index contributed by atoms with van der Waals surface area (Å²) in [5.41, 5.74) is 1.85. The fraction of sp³-hybridized carbons (Fsp3) is 0.158. The number of carbonyl (C=O) groups is 1. The molecule has 0 aliphatic carbocycles. The van der Waals surface area contributed by atoms with E-state index in [4.69, 9.17) is 9.47 Å². The first-order valence-electron chi connectivity index (χ1n) is 8.18. The average molecular weight is 365 g/mol. The number of aromatic nitrogens is 3. The highest BCUT2D eigenvalue weighted by molar-refractivity contribution is 6.02. The lowest BCUT2D eigenvalue weighted by Gasteiger charge is -2.10. The molecule has 8 heteroatoms. The smallest absolute Gasteiger partial charge is 0.275 e. The van der Waals surface area contributed by atoms with Gasteiger partial charge in [-0.1, -0.05) is 0 Å². The van der Waals surface area contributed by atoms with Crippen LogP contribution in [0, 0.1) is 0 Å². The van der Waals surface area contributed by atoms with Crippen molar-refractivity contribution in [2.24, 2.45) is 0 Å². The van der Waals surface area contributed by atoms with Gasteiger partial charge in [-0.2, -0.15) is 0 Å². The van der Waals surface area contributed by atoms with Gasteiger partial charge in [0.2, 0.25) is 0 Å². The summed E-state index contributed by atoms with van der Waals surface area (Å²) < 4.78 is 10.4. The van der Waals surface area contributed by atoms with Crippen LogP contribution in [0.3, 0.4) is 0 Å². The third-order valence-corrected chi connectivity index (χ3v) is 3.75. The number of carbonyl (C=O) groups excluding carboxylic acids is 1. The van der Waals surface area contributed by atoms with Crippen molar-refractivity contribution in [3.63, 3.8) is 0 Å². The summed E-state index contributed by atoms with van der Waals surface area (Å²) in [4.78, 5) is 24.7. The van der Waals surface area contributed by atoms with Crippen LogP contribution < -0.4 is 20.1 Å². The predicted octanol–water partition coefficient (Wildman–Crippen LogP) is 2.75. The van der Waals surface area contributed by atoms with Gasteiger partial charge in [-0.25, -0.2) is 9.97 Å². The minimum absolute atomic E-state index is 0.208. The molecule has 0 aliphatic rings. The van der Waals surface area contributed by atoms with Crippen LogP contribution in [0.1, 0.15) is 16.1 Å². The maximum atomic E-state index is 12.3. The van der Waals surface area contributed by atoms with E-state index in [-0.39, 0.29) is 11.6 Å². The van der Waals surface area contributed by atoms with E-state index in [1.165, 1.54) is 19.5 Å². The first-order chi connectivity index (χ1) is 13.2. The van der Waals surface area contributed by atoms with Crippen LogP contribution in [-0.4, -0.2) is 35.1 Å². The van der Waals surface area contributed by atoms with Crippen molar-refractivity contribution in [2.75, 3.05) is 24.9 Å². The molecule has 2 aromatic heterocycles. The topological polar surface area (TPSA) is 98.3 Å². The fourth-order valence-electron chi connectivity index (χ4n) is 2.34. The fourth-order valence-corrected chi connectivity index (χ4v) is 2.34. The van der Waals surface area contributed by atoms with Gasteiger partial charge in [-0.05, 0) is 29.8 Å². The largest absolute Gasteiger partial charge is 0.493 e. The molecule has 0 saturated heterocycles. The molecule has 0 atom stereocenters. The summed E-state index contributed by atoms with van der Waals surface area (Å²) >= 11 is 0. The third kappa shape index (κ3) is 4.69. The van der Waals surface area contributed by atoms with Gasteiger partial charge in [0.05, 0.1) is 26.6 Å². The predicted molar refractivity (Wildman–Crippen MR) is 101 cm³/mol. The number of nitrogens with zero attached hydrogens (tertiary/aromatic N) is 3. The normalized spacial score (nSPS) is 10.1. The lowest BCUT2D eigenvalue weighted by atomic mass is 10.2. The van der Waals surface area contributed by atoms with Gasteiger partial charge >= 0.3 is 0 Å². The van der Waals surface area contributed by atoms with E-state index in [1.54, 1.807) is 37.7 Å². The van der Waals surface area contributed by atoms with Crippen LogP contribution in [0.2, 0.25) is 0 Å². The molecule has 0 aliphatic heterocycles. The molecule has 2 N–H and O–H groups in total. The van der Waals surface area contributed by atoms with E-state index >= 15 is 0 Å². The maximum Gasteiger partial charge on any atom is 0.275 e. The Morgan fingerprint density at radius 3 is 2.44 bits per heavy atom. The molecule has 2 heterocycles. The molecule has 8 nitrogen and oxygen atoms in total. The number of hydrogen-bond donors (Lipinski definition) is 2. The molecule has 3 rings (SSSR count). The van der Waals surface area contributed by atoms with Crippen LogP contribution in [0.5, 0.6) is 11.5 Å². The molecule has 0 saturated carbocycles. The van der Waals surface area contributed by atoms with Crippen LogP contribution >= 0.6 is 0 Å². The Kier molecular flexibility index (Phi) is 5.78. The van der Waals surface area contributed by atoms with E-state index in [9.17, 15) is 4.79 Å². The van der Waals surface area contributed by atoms with Gasteiger partial charge in [-0.15, -0.1) is 0 Å². The highest BCUT2D eigenvalue weighted by atomic mass is 16.5. The van der Waals surface area contributed by atoms with Gasteiger partial charge < -0.3 is 20.1 Å². The first-order valence-corrected chi connectivity index (χ1v) is 8.18. The molecule has 0 fully saturated rings. The van der Waals surface area contributed by atoms with Crippen LogP contribution in [0.15, 0.2) is 55.1 Å². The average Bonchev–Trinajstić information content (AvgIpc) is 2.73. The van der Waals surface area contributed by atoms with Gasteiger partial charge in [0, 0.05) is 30.7 Å². The molecular weight excluding hydrogens is 346 g/mol. The van der Waals surface area contributed by atoms with Crippen molar-refractivity contribution < 1.29 is 14.3 Å². The molecule has 0 radical (unpaired) electrons. The molecule has 0 unspecified atom stereocenters. The summed E-state index contributed by atoms with van der Waals surface area (Å²) in [5, 5.41) is 5.90. The first kappa shape index (κ1) is 18.1. The Morgan fingerprint density at radius 2 is 1.78 bits per heavy atom. The van der Waals surface area contributed by atoms with Crippen molar-refractivity contribution in [2.45, 2.75) is 6.54 Å². The second kappa shape index (κ2) is 8.61. The van der Waals surface area contributed by atoms with Crippen LogP contribution in [-0.2, 0) is 6.54 Å². The van der Waals surface area contributed by atoms with E-state index in [0.717, 1.165) is 5.56 Å². The number of methoxy groups -OCH3 is 2. The molecule has 0 bridgehead atoms. The molecule has 1 amide bonds.